The van der Waals surface area contributed by atoms with Crippen LogP contribution in [0.4, 0.5) is 0 Å². The van der Waals surface area contributed by atoms with Crippen molar-refractivity contribution in [3.8, 4) is 0 Å². The number of benzene rings is 1. The van der Waals surface area contributed by atoms with Gasteiger partial charge < -0.3 is 15.6 Å². The molecule has 120 valence electrons. The first kappa shape index (κ1) is 16.6. The Morgan fingerprint density at radius 2 is 2.18 bits per heavy atom. The lowest BCUT2D eigenvalue weighted by Gasteiger charge is -2.16. The smallest absolute Gasteiger partial charge is 0.323 e. The number of nitrogens with two attached hydrogens (primary N) is 1. The number of ether oxygens (including phenoxy) is 1. The normalized spacial score (nSPS) is 19.4. The number of rotatable bonds is 6. The van der Waals surface area contributed by atoms with E-state index in [-0.39, 0.29) is 18.3 Å². The molecule has 0 aromatic heterocycles. The van der Waals surface area contributed by atoms with Crippen molar-refractivity contribution >= 4 is 11.8 Å². The summed E-state index contributed by atoms with van der Waals surface area (Å²) in [5.74, 6) is -0.787. The molecule has 5 heteroatoms. The number of esters is 1. The molecule has 1 aromatic carbocycles. The summed E-state index contributed by atoms with van der Waals surface area (Å²) in [6.45, 7) is 3.51. The molecule has 5 nitrogen and oxygen atoms in total. The molecule has 1 unspecified atom stereocenters. The van der Waals surface area contributed by atoms with Gasteiger partial charge >= 0.3 is 5.97 Å². The fourth-order valence-corrected chi connectivity index (χ4v) is 2.69. The Morgan fingerprint density at radius 1 is 1.45 bits per heavy atom. The Morgan fingerprint density at radius 3 is 2.86 bits per heavy atom. The molecular formula is C17H23NO4. The van der Waals surface area contributed by atoms with Crippen LogP contribution in [0.25, 0.3) is 0 Å². The number of hydrogen-bond donors (Lipinski definition) is 2. The zero-order valence-corrected chi connectivity index (χ0v) is 13.0. The summed E-state index contributed by atoms with van der Waals surface area (Å²) in [4.78, 5) is 24.1. The van der Waals surface area contributed by atoms with Gasteiger partial charge in [-0.25, -0.2) is 0 Å². The highest BCUT2D eigenvalue weighted by Gasteiger charge is 2.26. The van der Waals surface area contributed by atoms with E-state index in [4.69, 9.17) is 10.5 Å². The molecule has 1 aliphatic rings. The molecule has 0 amide bonds. The van der Waals surface area contributed by atoms with Crippen molar-refractivity contribution in [2.45, 2.75) is 45.3 Å². The molecule has 0 spiro atoms. The van der Waals surface area contributed by atoms with Gasteiger partial charge in [0, 0.05) is 5.56 Å². The summed E-state index contributed by atoms with van der Waals surface area (Å²) < 4.78 is 5.05. The van der Waals surface area contributed by atoms with Gasteiger partial charge in [-0.2, -0.15) is 0 Å². The number of hydrogen-bond acceptors (Lipinski definition) is 5. The molecule has 0 saturated heterocycles. The first-order chi connectivity index (χ1) is 10.5. The zero-order chi connectivity index (χ0) is 16.3. The van der Waals surface area contributed by atoms with Crippen LogP contribution in [0, 0.1) is 5.92 Å². The van der Waals surface area contributed by atoms with Gasteiger partial charge in [-0.05, 0) is 29.9 Å². The second kappa shape index (κ2) is 7.03. The Labute approximate surface area is 130 Å². The third-order valence-corrected chi connectivity index (χ3v) is 4.41. The second-order valence-corrected chi connectivity index (χ2v) is 5.87. The SMILES string of the molecule is CC[C@H](C)[C@H](N)C(=O)OCC(=O)c1cccc2c1CCC2O. The average molecular weight is 305 g/mol. The van der Waals surface area contributed by atoms with E-state index in [1.807, 2.05) is 19.9 Å². The Balaban J connectivity index is 2.01. The molecule has 0 saturated carbocycles. The predicted octanol–water partition coefficient (Wildman–Crippen LogP) is 1.77. The molecule has 1 aliphatic carbocycles. The van der Waals surface area contributed by atoms with Crippen LogP contribution in [-0.2, 0) is 16.0 Å². The topological polar surface area (TPSA) is 89.6 Å². The monoisotopic (exact) mass is 305 g/mol. The van der Waals surface area contributed by atoms with Crippen LogP contribution in [0.15, 0.2) is 18.2 Å². The predicted molar refractivity (Wildman–Crippen MR) is 82.4 cm³/mol. The largest absolute Gasteiger partial charge is 0.456 e. The lowest BCUT2D eigenvalue weighted by molar-refractivity contribution is -0.145. The number of carbonyl (C=O) groups excluding carboxylic acids is 2. The van der Waals surface area contributed by atoms with Crippen molar-refractivity contribution in [2.75, 3.05) is 6.61 Å². The van der Waals surface area contributed by atoms with Crippen LogP contribution in [0.5, 0.6) is 0 Å². The van der Waals surface area contributed by atoms with Crippen molar-refractivity contribution in [1.29, 1.82) is 0 Å². The van der Waals surface area contributed by atoms with E-state index in [1.165, 1.54) is 0 Å². The van der Waals surface area contributed by atoms with E-state index < -0.39 is 18.1 Å². The van der Waals surface area contributed by atoms with Gasteiger partial charge in [0.25, 0.3) is 0 Å². The lowest BCUT2D eigenvalue weighted by Crippen LogP contribution is -2.38. The summed E-state index contributed by atoms with van der Waals surface area (Å²) >= 11 is 0. The van der Waals surface area contributed by atoms with E-state index in [9.17, 15) is 14.7 Å². The highest BCUT2D eigenvalue weighted by atomic mass is 16.5. The first-order valence-corrected chi connectivity index (χ1v) is 7.71. The summed E-state index contributed by atoms with van der Waals surface area (Å²) in [6, 6.07) is 4.57. The fraction of sp³-hybridized carbons (Fsp3) is 0.529. The highest BCUT2D eigenvalue weighted by molar-refractivity contribution is 5.99. The average Bonchev–Trinajstić information content (AvgIpc) is 2.92. The van der Waals surface area contributed by atoms with Crippen molar-refractivity contribution in [2.24, 2.45) is 11.7 Å². The van der Waals surface area contributed by atoms with E-state index in [2.05, 4.69) is 0 Å². The number of aliphatic hydroxyl groups is 1. The van der Waals surface area contributed by atoms with Gasteiger partial charge in [0.05, 0.1) is 6.10 Å². The minimum absolute atomic E-state index is 0.0127. The molecule has 0 bridgehead atoms. The first-order valence-electron chi connectivity index (χ1n) is 7.71. The highest BCUT2D eigenvalue weighted by Crippen LogP contribution is 2.33. The van der Waals surface area contributed by atoms with Crippen LogP contribution >= 0.6 is 0 Å². The van der Waals surface area contributed by atoms with Gasteiger partial charge in [0.2, 0.25) is 5.78 Å². The van der Waals surface area contributed by atoms with Crippen LogP contribution < -0.4 is 5.73 Å². The maximum absolute atomic E-state index is 12.3. The van der Waals surface area contributed by atoms with E-state index in [1.54, 1.807) is 12.1 Å². The van der Waals surface area contributed by atoms with Crippen molar-refractivity contribution in [3.63, 3.8) is 0 Å². The Hall–Kier alpha value is -1.72. The summed E-state index contributed by atoms with van der Waals surface area (Å²) in [5.41, 5.74) is 7.98. The van der Waals surface area contributed by atoms with Crippen LogP contribution in [0.1, 0.15) is 54.3 Å². The minimum Gasteiger partial charge on any atom is -0.456 e. The Kier molecular flexibility index (Phi) is 5.32. The maximum Gasteiger partial charge on any atom is 0.323 e. The van der Waals surface area contributed by atoms with Gasteiger partial charge in [0.1, 0.15) is 6.04 Å². The Bertz CT molecular complexity index is 570. The molecule has 22 heavy (non-hydrogen) atoms. The molecule has 0 heterocycles. The minimum atomic E-state index is -0.707. The van der Waals surface area contributed by atoms with Gasteiger partial charge in [-0.15, -0.1) is 0 Å². The number of aliphatic hydroxyl groups excluding tert-OH is 1. The fourth-order valence-electron chi connectivity index (χ4n) is 2.69. The van der Waals surface area contributed by atoms with Gasteiger partial charge in [-0.3, -0.25) is 9.59 Å². The van der Waals surface area contributed by atoms with Crippen LogP contribution in [0.3, 0.4) is 0 Å². The third kappa shape index (κ3) is 3.36. The van der Waals surface area contributed by atoms with Crippen molar-refractivity contribution < 1.29 is 19.4 Å². The number of fused-ring (bicyclic) bond motifs is 1. The van der Waals surface area contributed by atoms with Gasteiger partial charge in [-0.1, -0.05) is 38.5 Å². The zero-order valence-electron chi connectivity index (χ0n) is 13.0. The van der Waals surface area contributed by atoms with Crippen LogP contribution in [-0.4, -0.2) is 29.5 Å². The molecular weight excluding hydrogens is 282 g/mol. The molecule has 3 atom stereocenters. The number of Topliss-reactive ketones (excluding diaryl/α,β-unsaturated/α-hetero) is 1. The van der Waals surface area contributed by atoms with E-state index in [0.29, 0.717) is 18.4 Å². The summed E-state index contributed by atoms with van der Waals surface area (Å²) in [5, 5.41) is 9.85. The standard InChI is InChI=1S/C17H23NO4/c1-3-10(2)16(18)17(21)22-9-15(20)13-6-4-5-12-11(13)7-8-14(12)19/h4-6,10,14,16,19H,3,7-9,18H2,1-2H3/t10-,14?,16-/m0/s1. The molecule has 1 aromatic rings. The molecule has 0 fully saturated rings. The maximum atomic E-state index is 12.3. The van der Waals surface area contributed by atoms with Crippen molar-refractivity contribution in [3.05, 3.63) is 34.9 Å². The van der Waals surface area contributed by atoms with Crippen molar-refractivity contribution in [1.82, 2.24) is 0 Å². The van der Waals surface area contributed by atoms with E-state index in [0.717, 1.165) is 17.5 Å². The van der Waals surface area contributed by atoms with E-state index >= 15 is 0 Å². The number of ketones is 1. The lowest BCUT2D eigenvalue weighted by atomic mass is 9.99. The molecule has 0 radical (unpaired) electrons. The second-order valence-electron chi connectivity index (χ2n) is 5.87. The number of carbonyl (C=O) groups is 2. The molecule has 0 aliphatic heterocycles. The quantitative estimate of drug-likeness (QED) is 0.617. The summed E-state index contributed by atoms with van der Waals surface area (Å²) in [6.07, 6.45) is 1.55. The summed E-state index contributed by atoms with van der Waals surface area (Å²) in [7, 11) is 0. The van der Waals surface area contributed by atoms with Crippen LogP contribution in [0.2, 0.25) is 0 Å². The molecule has 3 N–H and O–H groups in total. The van der Waals surface area contributed by atoms with Gasteiger partial charge in [0.15, 0.2) is 6.61 Å². The third-order valence-electron chi connectivity index (χ3n) is 4.41. The molecule has 2 rings (SSSR count).